The first kappa shape index (κ1) is 8.19. The molecule has 68 valence electrons. The monoisotopic (exact) mass is 180 g/mol. The van der Waals surface area contributed by atoms with E-state index in [4.69, 9.17) is 5.11 Å². The van der Waals surface area contributed by atoms with E-state index < -0.39 is 0 Å². The molecule has 0 fully saturated rings. The van der Waals surface area contributed by atoms with Crippen LogP contribution in [0.3, 0.4) is 0 Å². The van der Waals surface area contributed by atoms with Crippen LogP contribution in [0.25, 0.3) is 10.9 Å². The van der Waals surface area contributed by atoms with Crippen LogP contribution in [0.4, 0.5) is 4.39 Å². The molecule has 0 unspecified atom stereocenters. The van der Waals surface area contributed by atoms with Gasteiger partial charge in [-0.25, -0.2) is 4.39 Å². The fourth-order valence-corrected chi connectivity index (χ4v) is 1.45. The first-order valence-corrected chi connectivity index (χ1v) is 3.95. The van der Waals surface area contributed by atoms with E-state index in [1.54, 1.807) is 19.2 Å². The second-order valence-electron chi connectivity index (χ2n) is 2.86. The van der Waals surface area contributed by atoms with E-state index in [9.17, 15) is 4.39 Å². The van der Waals surface area contributed by atoms with Crippen molar-refractivity contribution in [2.75, 3.05) is 0 Å². The minimum absolute atomic E-state index is 0.200. The first-order chi connectivity index (χ1) is 6.24. The molecule has 0 bridgehead atoms. The van der Waals surface area contributed by atoms with Crippen LogP contribution in [0.15, 0.2) is 18.2 Å². The molecule has 0 aliphatic heterocycles. The molecule has 2 rings (SSSR count). The number of benzene rings is 1. The summed E-state index contributed by atoms with van der Waals surface area (Å²) in [5.41, 5.74) is 1.08. The molecule has 1 aromatic carbocycles. The number of aromatic nitrogens is 2. The molecule has 3 nitrogen and oxygen atoms in total. The summed E-state index contributed by atoms with van der Waals surface area (Å²) in [4.78, 5) is 0. The van der Waals surface area contributed by atoms with E-state index >= 15 is 0 Å². The zero-order valence-corrected chi connectivity index (χ0v) is 7.16. The Morgan fingerprint density at radius 3 is 3.00 bits per heavy atom. The maximum absolute atomic E-state index is 13.3. The Morgan fingerprint density at radius 1 is 1.54 bits per heavy atom. The van der Waals surface area contributed by atoms with Crippen molar-refractivity contribution in [2.24, 2.45) is 7.05 Å². The molecule has 0 spiro atoms. The van der Waals surface area contributed by atoms with Gasteiger partial charge in [-0.05, 0) is 12.1 Å². The van der Waals surface area contributed by atoms with Crippen molar-refractivity contribution in [3.8, 4) is 0 Å². The maximum atomic E-state index is 13.3. The van der Waals surface area contributed by atoms with E-state index in [1.165, 1.54) is 10.7 Å². The van der Waals surface area contributed by atoms with Gasteiger partial charge in [-0.15, -0.1) is 0 Å². The van der Waals surface area contributed by atoms with Gasteiger partial charge in [0, 0.05) is 7.05 Å². The Labute approximate surface area is 74.4 Å². The molecule has 4 heteroatoms. The predicted octanol–water partition coefficient (Wildman–Crippen LogP) is 1.20. The van der Waals surface area contributed by atoms with Crippen molar-refractivity contribution < 1.29 is 9.50 Å². The predicted molar refractivity (Wildman–Crippen MR) is 46.6 cm³/mol. The third-order valence-electron chi connectivity index (χ3n) is 2.08. The van der Waals surface area contributed by atoms with Crippen molar-refractivity contribution in [1.29, 1.82) is 0 Å². The number of fused-ring (bicyclic) bond motifs is 1. The number of nitrogens with zero attached hydrogens (tertiary/aromatic N) is 2. The highest BCUT2D eigenvalue weighted by molar-refractivity contribution is 5.82. The molecule has 1 heterocycles. The maximum Gasteiger partial charge on any atom is 0.134 e. The molecule has 0 atom stereocenters. The van der Waals surface area contributed by atoms with Crippen LogP contribution in [0.1, 0.15) is 5.69 Å². The lowest BCUT2D eigenvalue weighted by Gasteiger charge is -1.96. The van der Waals surface area contributed by atoms with Gasteiger partial charge < -0.3 is 5.11 Å². The summed E-state index contributed by atoms with van der Waals surface area (Å²) in [7, 11) is 1.69. The zero-order chi connectivity index (χ0) is 9.42. The quantitative estimate of drug-likeness (QED) is 0.716. The van der Waals surface area contributed by atoms with Gasteiger partial charge in [-0.2, -0.15) is 5.10 Å². The number of hydrogen-bond donors (Lipinski definition) is 1. The molecule has 13 heavy (non-hydrogen) atoms. The number of aryl methyl sites for hydroxylation is 1. The minimum atomic E-state index is -0.338. The van der Waals surface area contributed by atoms with Crippen LogP contribution in [0.2, 0.25) is 0 Å². The smallest absolute Gasteiger partial charge is 0.134 e. The topological polar surface area (TPSA) is 38.0 Å². The highest BCUT2D eigenvalue weighted by Gasteiger charge is 2.11. The molecular weight excluding hydrogens is 171 g/mol. The fourth-order valence-electron chi connectivity index (χ4n) is 1.45. The number of halogens is 1. The molecular formula is C9H9FN2O. The van der Waals surface area contributed by atoms with Gasteiger partial charge in [0.25, 0.3) is 0 Å². The highest BCUT2D eigenvalue weighted by atomic mass is 19.1. The second kappa shape index (κ2) is 2.81. The summed E-state index contributed by atoms with van der Waals surface area (Å²) >= 11 is 0. The third-order valence-corrected chi connectivity index (χ3v) is 2.08. The Balaban J connectivity index is 2.88. The lowest BCUT2D eigenvalue weighted by atomic mass is 10.2. The normalized spacial score (nSPS) is 11.0. The highest BCUT2D eigenvalue weighted by Crippen LogP contribution is 2.20. The average molecular weight is 180 g/mol. The number of rotatable bonds is 1. The van der Waals surface area contributed by atoms with Crippen LogP contribution in [0, 0.1) is 5.82 Å². The van der Waals surface area contributed by atoms with E-state index in [2.05, 4.69) is 5.10 Å². The number of aliphatic hydroxyl groups excluding tert-OH is 1. The van der Waals surface area contributed by atoms with Gasteiger partial charge in [0.15, 0.2) is 0 Å². The van der Waals surface area contributed by atoms with Gasteiger partial charge in [0.1, 0.15) is 5.82 Å². The van der Waals surface area contributed by atoms with Crippen LogP contribution >= 0.6 is 0 Å². The van der Waals surface area contributed by atoms with Gasteiger partial charge in [-0.3, -0.25) is 4.68 Å². The van der Waals surface area contributed by atoms with Gasteiger partial charge >= 0.3 is 0 Å². The van der Waals surface area contributed by atoms with Crippen molar-refractivity contribution in [3.63, 3.8) is 0 Å². The summed E-state index contributed by atoms with van der Waals surface area (Å²) in [5.74, 6) is -0.338. The standard InChI is InChI=1S/C9H9FN2O/c1-12-8(5-13)9-6(10)3-2-4-7(9)11-12/h2-4,13H,5H2,1H3. The second-order valence-corrected chi connectivity index (χ2v) is 2.86. The van der Waals surface area contributed by atoms with Crippen LogP contribution in [0.5, 0.6) is 0 Å². The van der Waals surface area contributed by atoms with Gasteiger partial charge in [0.2, 0.25) is 0 Å². The largest absolute Gasteiger partial charge is 0.390 e. The van der Waals surface area contributed by atoms with E-state index in [-0.39, 0.29) is 12.4 Å². The Hall–Kier alpha value is -1.42. The molecule has 1 aromatic heterocycles. The lowest BCUT2D eigenvalue weighted by Crippen LogP contribution is -1.97. The van der Waals surface area contributed by atoms with Crippen molar-refractivity contribution in [1.82, 2.24) is 9.78 Å². The molecule has 0 radical (unpaired) electrons. The molecule has 2 aromatic rings. The molecule has 0 aliphatic rings. The van der Waals surface area contributed by atoms with Crippen molar-refractivity contribution >= 4 is 10.9 Å². The minimum Gasteiger partial charge on any atom is -0.390 e. The summed E-state index contributed by atoms with van der Waals surface area (Å²) < 4.78 is 14.8. The van der Waals surface area contributed by atoms with Gasteiger partial charge in [-0.1, -0.05) is 6.07 Å². The first-order valence-electron chi connectivity index (χ1n) is 3.95. The van der Waals surface area contributed by atoms with Crippen molar-refractivity contribution in [2.45, 2.75) is 6.61 Å². The van der Waals surface area contributed by atoms with Crippen molar-refractivity contribution in [3.05, 3.63) is 29.7 Å². The fraction of sp³-hybridized carbons (Fsp3) is 0.222. The number of hydrogen-bond acceptors (Lipinski definition) is 2. The summed E-state index contributed by atoms with van der Waals surface area (Å²) in [5, 5.41) is 13.5. The molecule has 1 N–H and O–H groups in total. The molecule has 0 saturated carbocycles. The van der Waals surface area contributed by atoms with Gasteiger partial charge in [0.05, 0.1) is 23.2 Å². The number of aliphatic hydroxyl groups is 1. The summed E-state index contributed by atoms with van der Waals surface area (Å²) in [6.45, 7) is -0.200. The Kier molecular flexibility index (Phi) is 1.77. The average Bonchev–Trinajstić information content (AvgIpc) is 2.42. The summed E-state index contributed by atoms with van der Waals surface area (Å²) in [6.07, 6.45) is 0. The Morgan fingerprint density at radius 2 is 2.31 bits per heavy atom. The van der Waals surface area contributed by atoms with Crippen LogP contribution in [-0.4, -0.2) is 14.9 Å². The van der Waals surface area contributed by atoms with Crippen LogP contribution < -0.4 is 0 Å². The van der Waals surface area contributed by atoms with Crippen LogP contribution in [-0.2, 0) is 13.7 Å². The molecule has 0 saturated heterocycles. The van der Waals surface area contributed by atoms with E-state index in [1.807, 2.05) is 0 Å². The van der Waals surface area contributed by atoms with E-state index in [0.717, 1.165) is 0 Å². The zero-order valence-electron chi connectivity index (χ0n) is 7.16. The third kappa shape index (κ3) is 1.10. The molecule has 0 aliphatic carbocycles. The SMILES string of the molecule is Cn1nc2cccc(F)c2c1CO. The molecule has 0 amide bonds. The van der Waals surface area contributed by atoms with E-state index in [0.29, 0.717) is 16.6 Å². The lowest BCUT2D eigenvalue weighted by molar-refractivity contribution is 0.272. The Bertz CT molecular complexity index is 450. The summed E-state index contributed by atoms with van der Waals surface area (Å²) in [6, 6.07) is 4.69.